The molecule has 0 fully saturated rings. The highest BCUT2D eigenvalue weighted by molar-refractivity contribution is 6.01. The van der Waals surface area contributed by atoms with Crippen molar-refractivity contribution in [3.05, 3.63) is 179 Å². The number of anilines is 1. The van der Waals surface area contributed by atoms with E-state index in [9.17, 15) is 4.79 Å². The van der Waals surface area contributed by atoms with Crippen molar-refractivity contribution in [2.45, 2.75) is 78.7 Å². The first-order valence-electron chi connectivity index (χ1n) is 23.1. The minimum atomic E-state index is -0.369. The van der Waals surface area contributed by atoms with Gasteiger partial charge < -0.3 is 9.64 Å². The molecule has 9 nitrogen and oxygen atoms in total. The summed E-state index contributed by atoms with van der Waals surface area (Å²) < 4.78 is 5.68. The minimum absolute atomic E-state index is 0.0966. The third-order valence-corrected chi connectivity index (χ3v) is 13.1. The van der Waals surface area contributed by atoms with Crippen molar-refractivity contribution in [1.82, 2.24) is 0 Å². The topological polar surface area (TPSA) is 104 Å². The lowest BCUT2D eigenvalue weighted by atomic mass is 9.80. The van der Waals surface area contributed by atoms with E-state index in [2.05, 4.69) is 76.8 Å². The molecular formula is C58H55N7O2. The predicted molar refractivity (Wildman–Crippen MR) is 274 cm³/mol. The first kappa shape index (κ1) is 44.5. The maximum atomic E-state index is 12.8. The first-order valence-corrected chi connectivity index (χ1v) is 23.1. The van der Waals surface area contributed by atoms with Gasteiger partial charge in [0, 0.05) is 39.8 Å². The lowest BCUT2D eigenvalue weighted by Crippen LogP contribution is -2.45. The van der Waals surface area contributed by atoms with Crippen LogP contribution in [0.3, 0.4) is 0 Å². The Balaban J connectivity index is 0.896. The Morgan fingerprint density at radius 1 is 0.627 bits per heavy atom. The minimum Gasteiger partial charge on any atom is -0.423 e. The average Bonchev–Trinajstić information content (AvgIpc) is 3.34. The number of unbranched alkanes of at least 4 members (excludes halogenated alkanes) is 1. The fraction of sp³-hybridized carbons (Fsp3) is 0.224. The Bertz CT molecular complexity index is 3220. The first-order chi connectivity index (χ1) is 32.4. The van der Waals surface area contributed by atoms with Crippen molar-refractivity contribution >= 4 is 67.3 Å². The van der Waals surface area contributed by atoms with E-state index in [1.165, 1.54) is 16.8 Å². The number of ether oxygens (including phenoxy) is 1. The van der Waals surface area contributed by atoms with E-state index >= 15 is 0 Å². The van der Waals surface area contributed by atoms with Gasteiger partial charge in [0.1, 0.15) is 5.75 Å². The van der Waals surface area contributed by atoms with E-state index in [-0.39, 0.29) is 11.5 Å². The number of carbonyl (C=O) groups excluding carboxylic acids is 1. The number of esters is 1. The number of azo groups is 3. The molecular weight excluding hydrogens is 827 g/mol. The summed E-state index contributed by atoms with van der Waals surface area (Å²) in [6, 6.07) is 49.7. The molecule has 0 saturated heterocycles. The van der Waals surface area contributed by atoms with Gasteiger partial charge in [0.2, 0.25) is 0 Å². The summed E-state index contributed by atoms with van der Waals surface area (Å²) in [6.07, 6.45) is 4.36. The average molecular weight is 882 g/mol. The van der Waals surface area contributed by atoms with Crippen LogP contribution in [0.4, 0.5) is 39.8 Å². The smallest absolute Gasteiger partial charge is 0.343 e. The number of fused-ring (bicyclic) bond motifs is 3. The van der Waals surface area contributed by atoms with Gasteiger partial charge in [0.15, 0.2) is 0 Å². The van der Waals surface area contributed by atoms with Crippen LogP contribution >= 0.6 is 0 Å². The molecule has 0 N–H and O–H groups in total. The normalized spacial score (nSPS) is 14.7. The Morgan fingerprint density at radius 2 is 1.16 bits per heavy atom. The Kier molecular flexibility index (Phi) is 12.7. The summed E-state index contributed by atoms with van der Waals surface area (Å²) in [5.41, 5.74) is 13.2. The van der Waals surface area contributed by atoms with E-state index in [4.69, 9.17) is 30.3 Å². The lowest BCUT2D eigenvalue weighted by Gasteiger charge is -2.45. The maximum Gasteiger partial charge on any atom is 0.343 e. The molecule has 0 aromatic heterocycles. The largest absolute Gasteiger partial charge is 0.423 e. The van der Waals surface area contributed by atoms with Crippen LogP contribution in [-0.2, 0) is 6.42 Å². The molecule has 1 aliphatic rings. The van der Waals surface area contributed by atoms with Crippen molar-refractivity contribution in [2.75, 3.05) is 11.9 Å². The molecule has 0 saturated carbocycles. The molecule has 1 heterocycles. The van der Waals surface area contributed by atoms with Crippen LogP contribution in [0.1, 0.15) is 85.5 Å². The Morgan fingerprint density at radius 3 is 1.70 bits per heavy atom. The van der Waals surface area contributed by atoms with Crippen LogP contribution in [-0.4, -0.2) is 18.6 Å². The molecule has 8 aromatic carbocycles. The van der Waals surface area contributed by atoms with Gasteiger partial charge >= 0.3 is 5.97 Å². The van der Waals surface area contributed by atoms with Crippen molar-refractivity contribution in [3.8, 4) is 16.9 Å². The molecule has 0 aliphatic carbocycles. The van der Waals surface area contributed by atoms with Gasteiger partial charge in [-0.15, -0.1) is 20.5 Å². The van der Waals surface area contributed by atoms with Crippen LogP contribution in [0.5, 0.6) is 5.75 Å². The monoisotopic (exact) mass is 881 g/mol. The van der Waals surface area contributed by atoms with E-state index in [0.717, 1.165) is 104 Å². The molecule has 9 heteroatoms. The van der Waals surface area contributed by atoms with Gasteiger partial charge in [-0.25, -0.2) is 4.79 Å². The van der Waals surface area contributed by atoms with Gasteiger partial charge in [0.05, 0.1) is 39.7 Å². The van der Waals surface area contributed by atoms with Crippen LogP contribution in [0.15, 0.2) is 182 Å². The van der Waals surface area contributed by atoms with Gasteiger partial charge in [-0.2, -0.15) is 10.2 Å². The predicted octanol–water partition coefficient (Wildman–Crippen LogP) is 17.8. The summed E-state index contributed by atoms with van der Waals surface area (Å²) >= 11 is 0. The molecule has 67 heavy (non-hydrogen) atoms. The highest BCUT2D eigenvalue weighted by Gasteiger charge is 2.34. The molecule has 9 rings (SSSR count). The van der Waals surface area contributed by atoms with Crippen molar-refractivity contribution in [2.24, 2.45) is 30.7 Å². The second kappa shape index (κ2) is 19.1. The van der Waals surface area contributed by atoms with Gasteiger partial charge in [-0.3, -0.25) is 0 Å². The number of aryl methyl sites for hydroxylation is 3. The van der Waals surface area contributed by atoms with Crippen LogP contribution in [0.25, 0.3) is 32.7 Å². The molecule has 334 valence electrons. The number of hydrogen-bond acceptors (Lipinski definition) is 9. The maximum absolute atomic E-state index is 12.8. The number of nitrogens with zero attached hydrogens (tertiary/aromatic N) is 7. The van der Waals surface area contributed by atoms with Gasteiger partial charge in [-0.1, -0.05) is 99.1 Å². The molecule has 0 amide bonds. The zero-order valence-corrected chi connectivity index (χ0v) is 39.3. The van der Waals surface area contributed by atoms with E-state index in [1.54, 1.807) is 0 Å². The number of benzene rings is 8. The van der Waals surface area contributed by atoms with Crippen LogP contribution in [0.2, 0.25) is 0 Å². The number of carbonyl (C=O) groups is 1. The fourth-order valence-electron chi connectivity index (χ4n) is 9.11. The SMILES string of the molecule is CCCCc1ccc(C(=O)Oc2ccc(-c3ccc(N=Nc4ccc(N=Nc5ccc(N=Nc6cc7c(cc6C)N(C)C(C)(C)CC7C)c6ccccc56)c5ccccc45)cc3C)cc2)cc1. The van der Waals surface area contributed by atoms with Crippen molar-refractivity contribution in [1.29, 1.82) is 0 Å². The second-order valence-electron chi connectivity index (χ2n) is 18.3. The van der Waals surface area contributed by atoms with Gasteiger partial charge in [-0.05, 0) is 159 Å². The number of hydrogen-bond donors (Lipinski definition) is 0. The van der Waals surface area contributed by atoms with Crippen molar-refractivity contribution in [3.63, 3.8) is 0 Å². The molecule has 1 unspecified atom stereocenters. The molecule has 1 aliphatic heterocycles. The van der Waals surface area contributed by atoms with Crippen LogP contribution < -0.4 is 9.64 Å². The zero-order chi connectivity index (χ0) is 46.7. The molecule has 8 aromatic rings. The lowest BCUT2D eigenvalue weighted by molar-refractivity contribution is 0.0734. The van der Waals surface area contributed by atoms with E-state index in [1.807, 2.05) is 133 Å². The zero-order valence-electron chi connectivity index (χ0n) is 39.3. The van der Waals surface area contributed by atoms with E-state index in [0.29, 0.717) is 17.2 Å². The number of rotatable bonds is 12. The Hall–Kier alpha value is -7.65. The molecule has 0 bridgehead atoms. The quantitative estimate of drug-likeness (QED) is 0.0693. The molecule has 0 spiro atoms. The molecule has 1 atom stereocenters. The Labute approximate surface area is 393 Å². The van der Waals surface area contributed by atoms with E-state index < -0.39 is 0 Å². The van der Waals surface area contributed by atoms with Gasteiger partial charge in [0.25, 0.3) is 0 Å². The summed E-state index contributed by atoms with van der Waals surface area (Å²) in [4.78, 5) is 15.2. The van der Waals surface area contributed by atoms with Crippen molar-refractivity contribution < 1.29 is 9.53 Å². The highest BCUT2D eigenvalue weighted by Crippen LogP contribution is 2.45. The molecule has 0 radical (unpaired) electrons. The summed E-state index contributed by atoms with van der Waals surface area (Å²) in [5, 5.41) is 32.2. The summed E-state index contributed by atoms with van der Waals surface area (Å²) in [6.45, 7) is 13.2. The second-order valence-corrected chi connectivity index (χ2v) is 18.3. The summed E-state index contributed by atoms with van der Waals surface area (Å²) in [7, 11) is 2.18. The highest BCUT2D eigenvalue weighted by atomic mass is 16.5. The standard InChI is InChI=1S/C58H55N7O2/c1-8-9-14-40-19-21-42(22-20-40)57(66)67-44-26-23-41(24-27-44)45-28-25-43(33-37(45)2)59-60-51-29-30-52(47-16-11-10-15-46(47)51)61-62-53-31-32-54(49-18-13-12-17-48(49)53)63-64-55-35-50-39(4)36-58(5,6)65(7)56(50)34-38(55)3/h10-13,15-35,39H,8-9,14,36H2,1-7H3. The third-order valence-electron chi connectivity index (χ3n) is 13.1. The summed E-state index contributed by atoms with van der Waals surface area (Å²) in [5.74, 6) is 0.556. The van der Waals surface area contributed by atoms with Crippen LogP contribution in [0, 0.1) is 13.8 Å². The fourth-order valence-corrected chi connectivity index (χ4v) is 9.11. The third kappa shape index (κ3) is 9.54.